The molecule has 0 aliphatic carbocycles. The summed E-state index contributed by atoms with van der Waals surface area (Å²) in [7, 11) is 0. The second kappa shape index (κ2) is 9.87. The number of nitrogens with zero attached hydrogens (tertiary/aromatic N) is 4. The summed E-state index contributed by atoms with van der Waals surface area (Å²) in [5.74, 6) is 0.736. The second-order valence-electron chi connectivity index (χ2n) is 7.53. The van der Waals surface area contributed by atoms with Crippen molar-refractivity contribution in [3.05, 3.63) is 77.6 Å². The molecule has 1 aromatic carbocycles. The molecule has 1 unspecified atom stereocenters. The predicted molar refractivity (Wildman–Crippen MR) is 117 cm³/mol. The molecule has 176 valence electrons. The van der Waals surface area contributed by atoms with Gasteiger partial charge in [0.05, 0.1) is 18.2 Å². The number of aromatic nitrogens is 3. The maximum atomic E-state index is 12.7. The molecule has 1 atom stereocenters. The van der Waals surface area contributed by atoms with E-state index in [0.29, 0.717) is 30.7 Å². The molecule has 1 fully saturated rings. The lowest BCUT2D eigenvalue weighted by Gasteiger charge is -2.32. The number of halogens is 3. The van der Waals surface area contributed by atoms with Gasteiger partial charge in [-0.25, -0.2) is 9.78 Å². The lowest BCUT2D eigenvalue weighted by atomic mass is 9.98. The van der Waals surface area contributed by atoms with Crippen molar-refractivity contribution in [1.29, 1.82) is 0 Å². The molecule has 2 aromatic heterocycles. The van der Waals surface area contributed by atoms with Crippen molar-refractivity contribution >= 4 is 17.9 Å². The van der Waals surface area contributed by atoms with Crippen LogP contribution in [-0.4, -0.2) is 50.4 Å². The number of piperidine rings is 1. The molecule has 0 spiro atoms. The standard InChI is InChI=1S/C23H20F3N5O3/c24-23(25,26)17-6-7-21(27-13-17)34-18-4-1-3-15(12-18)11-16-8-10-31(14-19(16)32)22(33)29-20-5-2-9-28-30-20/h1-7,9,11-13,19,32H,8,10,14H2,(H,29,30,33)/b16-11+. The summed E-state index contributed by atoms with van der Waals surface area (Å²) >= 11 is 0. The number of carbonyl (C=O) groups excluding carboxylic acids is 1. The van der Waals surface area contributed by atoms with E-state index < -0.39 is 17.8 Å². The van der Waals surface area contributed by atoms with Gasteiger partial charge in [0.2, 0.25) is 5.88 Å². The van der Waals surface area contributed by atoms with E-state index in [4.69, 9.17) is 4.74 Å². The van der Waals surface area contributed by atoms with E-state index in [1.807, 2.05) is 0 Å². The number of pyridine rings is 1. The molecule has 4 rings (SSSR count). The molecule has 0 saturated carbocycles. The predicted octanol–water partition coefficient (Wildman–Crippen LogP) is 4.36. The third-order valence-corrected chi connectivity index (χ3v) is 5.08. The number of hydrogen-bond donors (Lipinski definition) is 2. The van der Waals surface area contributed by atoms with Gasteiger partial charge in [0.15, 0.2) is 5.82 Å². The van der Waals surface area contributed by atoms with Gasteiger partial charge in [-0.05, 0) is 47.9 Å². The smallest absolute Gasteiger partial charge is 0.417 e. The van der Waals surface area contributed by atoms with E-state index in [2.05, 4.69) is 20.5 Å². The Morgan fingerprint density at radius 2 is 2.06 bits per heavy atom. The summed E-state index contributed by atoms with van der Waals surface area (Å²) in [6.07, 6.45) is -0.855. The molecule has 2 N–H and O–H groups in total. The first-order chi connectivity index (χ1) is 16.3. The molecular weight excluding hydrogens is 451 g/mol. The molecule has 11 heteroatoms. The Morgan fingerprint density at radius 3 is 2.74 bits per heavy atom. The quantitative estimate of drug-likeness (QED) is 0.586. The van der Waals surface area contributed by atoms with Crippen LogP contribution in [0.3, 0.4) is 0 Å². The van der Waals surface area contributed by atoms with Crippen LogP contribution in [0.1, 0.15) is 17.5 Å². The maximum absolute atomic E-state index is 12.7. The zero-order valence-corrected chi connectivity index (χ0v) is 17.7. The van der Waals surface area contributed by atoms with Gasteiger partial charge in [-0.15, -0.1) is 5.10 Å². The number of aliphatic hydroxyl groups is 1. The van der Waals surface area contributed by atoms with Crippen LogP contribution < -0.4 is 10.1 Å². The number of alkyl halides is 3. The fraction of sp³-hybridized carbons (Fsp3) is 0.217. The van der Waals surface area contributed by atoms with Crippen LogP contribution in [0, 0.1) is 0 Å². The average Bonchev–Trinajstić information content (AvgIpc) is 2.81. The SMILES string of the molecule is O=C(Nc1cccnn1)N1CC/C(=C\c2cccc(Oc3ccc(C(F)(F)F)cn3)c2)C(O)C1. The van der Waals surface area contributed by atoms with Gasteiger partial charge in [-0.3, -0.25) is 5.32 Å². The number of rotatable bonds is 4. The summed E-state index contributed by atoms with van der Waals surface area (Å²) in [5, 5.41) is 20.7. The minimum absolute atomic E-state index is 0.0280. The largest absolute Gasteiger partial charge is 0.439 e. The molecule has 3 aromatic rings. The molecule has 1 aliphatic heterocycles. The summed E-state index contributed by atoms with van der Waals surface area (Å²) < 4.78 is 43.6. The summed E-state index contributed by atoms with van der Waals surface area (Å²) in [6.45, 7) is 0.518. The summed E-state index contributed by atoms with van der Waals surface area (Å²) in [6, 6.07) is 11.8. The normalized spacial score (nSPS) is 17.5. The zero-order valence-electron chi connectivity index (χ0n) is 17.7. The first-order valence-electron chi connectivity index (χ1n) is 10.3. The first-order valence-corrected chi connectivity index (χ1v) is 10.3. The van der Waals surface area contributed by atoms with Crippen LogP contribution >= 0.6 is 0 Å². The number of anilines is 1. The highest BCUT2D eigenvalue weighted by Crippen LogP contribution is 2.30. The number of aliphatic hydroxyl groups excluding tert-OH is 1. The van der Waals surface area contributed by atoms with Crippen LogP contribution in [0.15, 0.2) is 66.5 Å². The fourth-order valence-corrected chi connectivity index (χ4v) is 3.37. The van der Waals surface area contributed by atoms with Crippen LogP contribution in [0.4, 0.5) is 23.8 Å². The van der Waals surface area contributed by atoms with E-state index >= 15 is 0 Å². The summed E-state index contributed by atoms with van der Waals surface area (Å²) in [4.78, 5) is 17.6. The molecule has 1 saturated heterocycles. The number of nitrogens with one attached hydrogen (secondary N) is 1. The second-order valence-corrected chi connectivity index (χ2v) is 7.53. The molecule has 0 radical (unpaired) electrons. The maximum Gasteiger partial charge on any atom is 0.417 e. The lowest BCUT2D eigenvalue weighted by Crippen LogP contribution is -2.45. The third kappa shape index (κ3) is 5.87. The summed E-state index contributed by atoms with van der Waals surface area (Å²) in [5.41, 5.74) is 0.619. The molecular formula is C23H20F3N5O3. The zero-order chi connectivity index (χ0) is 24.1. The highest BCUT2D eigenvalue weighted by Gasteiger charge is 2.30. The molecule has 2 amide bonds. The van der Waals surface area contributed by atoms with Gasteiger partial charge >= 0.3 is 12.2 Å². The highest BCUT2D eigenvalue weighted by molar-refractivity contribution is 5.88. The van der Waals surface area contributed by atoms with Gasteiger partial charge in [0.25, 0.3) is 0 Å². The van der Waals surface area contributed by atoms with Gasteiger partial charge < -0.3 is 14.7 Å². The van der Waals surface area contributed by atoms with Gasteiger partial charge in [0, 0.05) is 25.0 Å². The van der Waals surface area contributed by atoms with Crippen LogP contribution in [0.2, 0.25) is 0 Å². The molecule has 1 aliphatic rings. The Morgan fingerprint density at radius 1 is 1.21 bits per heavy atom. The minimum Gasteiger partial charge on any atom is -0.439 e. The van der Waals surface area contributed by atoms with Crippen molar-refractivity contribution in [2.24, 2.45) is 0 Å². The van der Waals surface area contributed by atoms with Gasteiger partial charge in [0.1, 0.15) is 5.75 Å². The van der Waals surface area contributed by atoms with E-state index in [1.54, 1.807) is 42.5 Å². The van der Waals surface area contributed by atoms with Crippen molar-refractivity contribution in [3.63, 3.8) is 0 Å². The first kappa shape index (κ1) is 23.2. The van der Waals surface area contributed by atoms with Gasteiger partial charge in [-0.2, -0.15) is 18.3 Å². The van der Waals surface area contributed by atoms with Crippen molar-refractivity contribution in [2.45, 2.75) is 18.7 Å². The monoisotopic (exact) mass is 471 g/mol. The number of amides is 2. The van der Waals surface area contributed by atoms with Gasteiger partial charge in [-0.1, -0.05) is 18.2 Å². The number of β-amino-alcohol motifs (C(OH)–C–C–N with tert-alkyl or cyclic N) is 1. The van der Waals surface area contributed by atoms with E-state index in [1.165, 1.54) is 11.1 Å². The van der Waals surface area contributed by atoms with Crippen molar-refractivity contribution < 1.29 is 27.8 Å². The average molecular weight is 471 g/mol. The van der Waals surface area contributed by atoms with Crippen LogP contribution in [-0.2, 0) is 6.18 Å². The number of likely N-dealkylation sites (tertiary alicyclic amines) is 1. The Kier molecular flexibility index (Phi) is 6.73. The molecule has 34 heavy (non-hydrogen) atoms. The van der Waals surface area contributed by atoms with E-state index in [-0.39, 0.29) is 18.5 Å². The van der Waals surface area contributed by atoms with E-state index in [9.17, 15) is 23.1 Å². The Labute approximate surface area is 192 Å². The number of ether oxygens (including phenoxy) is 1. The highest BCUT2D eigenvalue weighted by atomic mass is 19.4. The Balaban J connectivity index is 1.39. The number of benzene rings is 1. The van der Waals surface area contributed by atoms with Crippen molar-refractivity contribution in [2.75, 3.05) is 18.4 Å². The Hall–Kier alpha value is -3.99. The fourth-order valence-electron chi connectivity index (χ4n) is 3.37. The topological polar surface area (TPSA) is 100 Å². The third-order valence-electron chi connectivity index (χ3n) is 5.08. The van der Waals surface area contributed by atoms with Crippen LogP contribution in [0.5, 0.6) is 11.6 Å². The minimum atomic E-state index is -4.47. The Bertz CT molecular complexity index is 1170. The molecule has 3 heterocycles. The molecule has 0 bridgehead atoms. The van der Waals surface area contributed by atoms with Crippen molar-refractivity contribution in [1.82, 2.24) is 20.1 Å². The van der Waals surface area contributed by atoms with Crippen molar-refractivity contribution in [3.8, 4) is 11.6 Å². The number of hydrogen-bond acceptors (Lipinski definition) is 6. The van der Waals surface area contributed by atoms with E-state index in [0.717, 1.165) is 23.3 Å². The number of carbonyl (C=O) groups is 1. The number of urea groups is 1. The van der Waals surface area contributed by atoms with Crippen LogP contribution in [0.25, 0.3) is 6.08 Å². The lowest BCUT2D eigenvalue weighted by molar-refractivity contribution is -0.137. The molecule has 8 nitrogen and oxygen atoms in total.